The van der Waals surface area contributed by atoms with Crippen LogP contribution in [0.25, 0.3) is 0 Å². The molecule has 0 heterocycles. The van der Waals surface area contributed by atoms with E-state index in [0.29, 0.717) is 17.2 Å². The second kappa shape index (κ2) is 7.88. The van der Waals surface area contributed by atoms with Crippen LogP contribution in [0.2, 0.25) is 5.02 Å². The highest BCUT2D eigenvalue weighted by molar-refractivity contribution is 6.32. The molecule has 0 saturated heterocycles. The lowest BCUT2D eigenvalue weighted by molar-refractivity contribution is -0.137. The van der Waals surface area contributed by atoms with Crippen LogP contribution in [0.1, 0.15) is 30.9 Å². The second-order valence-electron chi connectivity index (χ2n) is 5.06. The van der Waals surface area contributed by atoms with E-state index in [1.165, 1.54) is 0 Å². The first kappa shape index (κ1) is 17.3. The van der Waals surface area contributed by atoms with Crippen molar-refractivity contribution < 1.29 is 19.4 Å². The molecule has 5 nitrogen and oxygen atoms in total. The first-order chi connectivity index (χ1) is 9.79. The summed E-state index contributed by atoms with van der Waals surface area (Å²) >= 11 is 6.06. The van der Waals surface area contributed by atoms with Crippen molar-refractivity contribution in [2.75, 3.05) is 6.61 Å². The van der Waals surface area contributed by atoms with E-state index in [1.54, 1.807) is 19.1 Å². The maximum Gasteiger partial charge on any atom is 0.303 e. The number of benzene rings is 1. The van der Waals surface area contributed by atoms with Gasteiger partial charge in [0.1, 0.15) is 5.75 Å². The summed E-state index contributed by atoms with van der Waals surface area (Å²) in [7, 11) is 0. The summed E-state index contributed by atoms with van der Waals surface area (Å²) in [5.74, 6) is -0.569. The number of nitrogens with one attached hydrogen (secondary N) is 1. The van der Waals surface area contributed by atoms with Gasteiger partial charge in [-0.05, 0) is 50.5 Å². The first-order valence-corrected chi connectivity index (χ1v) is 7.08. The van der Waals surface area contributed by atoms with Gasteiger partial charge in [0.25, 0.3) is 5.91 Å². The van der Waals surface area contributed by atoms with Crippen LogP contribution in [0.15, 0.2) is 12.1 Å². The molecule has 0 bridgehead atoms. The van der Waals surface area contributed by atoms with E-state index in [2.05, 4.69) is 5.32 Å². The third kappa shape index (κ3) is 6.04. The Kier molecular flexibility index (Phi) is 6.49. The molecule has 0 radical (unpaired) electrons. The van der Waals surface area contributed by atoms with Crippen molar-refractivity contribution >= 4 is 23.5 Å². The fraction of sp³-hybridized carbons (Fsp3) is 0.467. The van der Waals surface area contributed by atoms with Crippen molar-refractivity contribution in [3.63, 3.8) is 0 Å². The number of carbonyl (C=O) groups is 2. The molecule has 0 aliphatic rings. The number of carboxylic acid groups (broad SMARTS) is 1. The zero-order valence-electron chi connectivity index (χ0n) is 12.4. The molecule has 0 saturated carbocycles. The van der Waals surface area contributed by atoms with Crippen molar-refractivity contribution in [2.45, 2.75) is 39.7 Å². The van der Waals surface area contributed by atoms with Gasteiger partial charge < -0.3 is 15.2 Å². The van der Waals surface area contributed by atoms with Gasteiger partial charge in [-0.1, -0.05) is 11.6 Å². The van der Waals surface area contributed by atoms with Crippen LogP contribution < -0.4 is 10.1 Å². The number of amides is 1. The van der Waals surface area contributed by atoms with E-state index >= 15 is 0 Å². The normalized spacial score (nSPS) is 11.8. The Morgan fingerprint density at radius 1 is 1.33 bits per heavy atom. The highest BCUT2D eigenvalue weighted by Crippen LogP contribution is 2.25. The minimum Gasteiger partial charge on any atom is -0.484 e. The lowest BCUT2D eigenvalue weighted by atomic mass is 10.1. The van der Waals surface area contributed by atoms with Gasteiger partial charge in [-0.3, -0.25) is 9.59 Å². The Hall–Kier alpha value is -1.75. The largest absolute Gasteiger partial charge is 0.484 e. The predicted octanol–water partition coefficient (Wildman–Crippen LogP) is 2.71. The van der Waals surface area contributed by atoms with E-state index in [4.69, 9.17) is 21.4 Å². The second-order valence-corrected chi connectivity index (χ2v) is 5.44. The number of rotatable bonds is 7. The standard InChI is InChI=1S/C15H20ClNO4/c1-9-6-12(7-10(2)15(9)16)21-8-13(18)17-11(3)4-5-14(19)20/h6-7,11H,4-5,8H2,1-3H3,(H,17,18)(H,19,20). The summed E-state index contributed by atoms with van der Waals surface area (Å²) in [5, 5.41) is 12.0. The Morgan fingerprint density at radius 3 is 2.43 bits per heavy atom. The van der Waals surface area contributed by atoms with Gasteiger partial charge >= 0.3 is 5.97 Å². The summed E-state index contributed by atoms with van der Waals surface area (Å²) in [6.45, 7) is 5.39. The SMILES string of the molecule is Cc1cc(OCC(=O)NC(C)CCC(=O)O)cc(C)c1Cl. The van der Waals surface area contributed by atoms with E-state index in [0.717, 1.165) is 11.1 Å². The molecule has 0 fully saturated rings. The Bertz CT molecular complexity index is 507. The summed E-state index contributed by atoms with van der Waals surface area (Å²) < 4.78 is 5.42. The van der Waals surface area contributed by atoms with E-state index in [-0.39, 0.29) is 25.0 Å². The molecule has 1 aromatic carbocycles. The van der Waals surface area contributed by atoms with Crippen LogP contribution in [-0.2, 0) is 9.59 Å². The number of halogens is 1. The van der Waals surface area contributed by atoms with Crippen molar-refractivity contribution in [3.8, 4) is 5.75 Å². The summed E-state index contributed by atoms with van der Waals surface area (Å²) in [4.78, 5) is 22.1. The van der Waals surface area contributed by atoms with E-state index in [9.17, 15) is 9.59 Å². The number of hydrogen-bond acceptors (Lipinski definition) is 3. The van der Waals surface area contributed by atoms with Crippen molar-refractivity contribution in [3.05, 3.63) is 28.3 Å². The van der Waals surface area contributed by atoms with Crippen LogP contribution in [0.5, 0.6) is 5.75 Å². The molecule has 6 heteroatoms. The monoisotopic (exact) mass is 313 g/mol. The zero-order valence-corrected chi connectivity index (χ0v) is 13.2. The molecule has 1 atom stereocenters. The topological polar surface area (TPSA) is 75.6 Å². The number of aliphatic carboxylic acids is 1. The molecule has 0 spiro atoms. The molecule has 1 aromatic rings. The van der Waals surface area contributed by atoms with Gasteiger partial charge in [-0.25, -0.2) is 0 Å². The number of carboxylic acids is 1. The number of carbonyl (C=O) groups excluding carboxylic acids is 1. The molecular weight excluding hydrogens is 294 g/mol. The molecule has 21 heavy (non-hydrogen) atoms. The van der Waals surface area contributed by atoms with Crippen LogP contribution in [0.3, 0.4) is 0 Å². The van der Waals surface area contributed by atoms with Gasteiger partial charge in [-0.15, -0.1) is 0 Å². The minimum atomic E-state index is -0.875. The number of aryl methyl sites for hydroxylation is 2. The van der Waals surface area contributed by atoms with Crippen molar-refractivity contribution in [1.82, 2.24) is 5.32 Å². The van der Waals surface area contributed by atoms with Gasteiger partial charge in [0, 0.05) is 17.5 Å². The van der Waals surface area contributed by atoms with E-state index in [1.807, 2.05) is 13.8 Å². The first-order valence-electron chi connectivity index (χ1n) is 6.70. The molecule has 1 unspecified atom stereocenters. The molecule has 2 N–H and O–H groups in total. The average molecular weight is 314 g/mol. The third-order valence-electron chi connectivity index (χ3n) is 2.98. The number of hydrogen-bond donors (Lipinski definition) is 2. The van der Waals surface area contributed by atoms with Gasteiger partial charge in [0.2, 0.25) is 0 Å². The maximum atomic E-state index is 11.7. The minimum absolute atomic E-state index is 0.0257. The van der Waals surface area contributed by atoms with Crippen molar-refractivity contribution in [2.24, 2.45) is 0 Å². The van der Waals surface area contributed by atoms with Crippen LogP contribution in [0.4, 0.5) is 0 Å². The lowest BCUT2D eigenvalue weighted by Crippen LogP contribution is -2.36. The Morgan fingerprint density at radius 2 is 1.90 bits per heavy atom. The van der Waals surface area contributed by atoms with Crippen LogP contribution in [-0.4, -0.2) is 29.6 Å². The van der Waals surface area contributed by atoms with Gasteiger partial charge in [-0.2, -0.15) is 0 Å². The number of ether oxygens (including phenoxy) is 1. The smallest absolute Gasteiger partial charge is 0.303 e. The molecule has 0 aliphatic carbocycles. The highest BCUT2D eigenvalue weighted by atomic mass is 35.5. The van der Waals surface area contributed by atoms with Crippen LogP contribution in [0, 0.1) is 13.8 Å². The zero-order chi connectivity index (χ0) is 16.0. The molecule has 116 valence electrons. The molecule has 1 amide bonds. The highest BCUT2D eigenvalue weighted by Gasteiger charge is 2.10. The summed E-state index contributed by atoms with van der Waals surface area (Å²) in [5.41, 5.74) is 1.78. The molecular formula is C15H20ClNO4. The van der Waals surface area contributed by atoms with Gasteiger partial charge in [0.05, 0.1) is 0 Å². The quantitative estimate of drug-likeness (QED) is 0.811. The fourth-order valence-electron chi connectivity index (χ4n) is 1.87. The predicted molar refractivity (Wildman–Crippen MR) is 80.9 cm³/mol. The molecule has 1 rings (SSSR count). The molecule has 0 aromatic heterocycles. The third-order valence-corrected chi connectivity index (χ3v) is 3.57. The maximum absolute atomic E-state index is 11.7. The Labute approximate surface area is 129 Å². The van der Waals surface area contributed by atoms with Gasteiger partial charge in [0.15, 0.2) is 6.61 Å². The van der Waals surface area contributed by atoms with E-state index < -0.39 is 5.97 Å². The average Bonchev–Trinajstić information content (AvgIpc) is 2.40. The Balaban J connectivity index is 2.44. The van der Waals surface area contributed by atoms with Crippen LogP contribution >= 0.6 is 11.6 Å². The molecule has 0 aliphatic heterocycles. The van der Waals surface area contributed by atoms with Crippen molar-refractivity contribution in [1.29, 1.82) is 0 Å². The summed E-state index contributed by atoms with van der Waals surface area (Å²) in [6, 6.07) is 3.35. The fourth-order valence-corrected chi connectivity index (χ4v) is 1.98. The summed E-state index contributed by atoms with van der Waals surface area (Å²) in [6.07, 6.45) is 0.415. The lowest BCUT2D eigenvalue weighted by Gasteiger charge is -2.14.